The van der Waals surface area contributed by atoms with Crippen molar-refractivity contribution >= 4 is 34.5 Å². The maximum atomic E-state index is 13.6. The fraction of sp³-hybridized carbons (Fsp3) is 0.375. The third-order valence-electron chi connectivity index (χ3n) is 8.61. The molecule has 0 bridgehead atoms. The van der Waals surface area contributed by atoms with Crippen molar-refractivity contribution in [2.75, 3.05) is 12.4 Å². The van der Waals surface area contributed by atoms with Gasteiger partial charge in [0.1, 0.15) is 23.4 Å². The van der Waals surface area contributed by atoms with Gasteiger partial charge in [-0.15, -0.1) is 0 Å². The number of aromatic carboxylic acids is 1. The molecule has 2 aromatic heterocycles. The van der Waals surface area contributed by atoms with Crippen LogP contribution >= 0.6 is 0 Å². The normalized spacial score (nSPS) is 16.8. The van der Waals surface area contributed by atoms with Crippen molar-refractivity contribution in [3.63, 3.8) is 0 Å². The molecular formula is C32H34N4O6. The van der Waals surface area contributed by atoms with Crippen LogP contribution in [0.25, 0.3) is 22.4 Å². The zero-order chi connectivity index (χ0) is 29.3. The highest BCUT2D eigenvalue weighted by molar-refractivity contribution is 6.05. The summed E-state index contributed by atoms with van der Waals surface area (Å²) in [5.74, 6) is -0.741. The summed E-state index contributed by atoms with van der Waals surface area (Å²) in [5, 5.41) is 15.2. The lowest BCUT2D eigenvalue weighted by Crippen LogP contribution is -2.55. The quantitative estimate of drug-likeness (QED) is 0.230. The molecule has 6 rings (SSSR count). The van der Waals surface area contributed by atoms with Gasteiger partial charge in [-0.3, -0.25) is 9.59 Å². The number of hydrogen-bond acceptors (Lipinski definition) is 6. The van der Waals surface area contributed by atoms with Gasteiger partial charge < -0.3 is 29.5 Å². The predicted octanol–water partition coefficient (Wildman–Crippen LogP) is 6.19. The Balaban J connectivity index is 1.28. The largest absolute Gasteiger partial charge is 0.495 e. The average molecular weight is 571 g/mol. The summed E-state index contributed by atoms with van der Waals surface area (Å²) in [4.78, 5) is 43.6. The Morgan fingerprint density at radius 1 is 1.00 bits per heavy atom. The Labute approximate surface area is 243 Å². The number of anilines is 1. The summed E-state index contributed by atoms with van der Waals surface area (Å²) in [6.45, 7) is 0. The van der Waals surface area contributed by atoms with E-state index in [0.717, 1.165) is 48.1 Å². The average Bonchev–Trinajstić information content (AvgIpc) is 3.78. The van der Waals surface area contributed by atoms with Crippen molar-refractivity contribution in [1.29, 1.82) is 0 Å². The summed E-state index contributed by atoms with van der Waals surface area (Å²) in [7, 11) is 1.41. The van der Waals surface area contributed by atoms with E-state index in [2.05, 4.69) is 15.2 Å². The Kier molecular flexibility index (Phi) is 7.45. The molecule has 2 heterocycles. The number of benzene rings is 2. The summed E-state index contributed by atoms with van der Waals surface area (Å²) in [6.07, 6.45) is 11.7. The summed E-state index contributed by atoms with van der Waals surface area (Å²) in [5.41, 5.74) is 2.30. The topological polar surface area (TPSA) is 136 Å². The number of methoxy groups -OCH3 is 1. The number of amides is 2. The molecule has 2 fully saturated rings. The molecule has 42 heavy (non-hydrogen) atoms. The van der Waals surface area contributed by atoms with Crippen LogP contribution in [-0.2, 0) is 4.79 Å². The van der Waals surface area contributed by atoms with Crippen molar-refractivity contribution in [1.82, 2.24) is 14.9 Å². The fourth-order valence-corrected chi connectivity index (χ4v) is 6.39. The number of fused-ring (bicyclic) bond motifs is 1. The van der Waals surface area contributed by atoms with E-state index in [4.69, 9.17) is 14.1 Å². The van der Waals surface area contributed by atoms with Crippen LogP contribution in [0.4, 0.5) is 5.69 Å². The van der Waals surface area contributed by atoms with E-state index in [1.165, 1.54) is 44.6 Å². The van der Waals surface area contributed by atoms with Crippen molar-refractivity contribution in [2.45, 2.75) is 69.4 Å². The summed E-state index contributed by atoms with van der Waals surface area (Å²) >= 11 is 0. The molecule has 0 radical (unpaired) electrons. The molecule has 0 saturated heterocycles. The van der Waals surface area contributed by atoms with E-state index < -0.39 is 11.5 Å². The number of carboxylic acids is 1. The number of aromatic nitrogens is 2. The van der Waals surface area contributed by atoms with Gasteiger partial charge in [-0.1, -0.05) is 32.1 Å². The minimum atomic E-state index is -1.11. The Hall–Kier alpha value is -4.60. The van der Waals surface area contributed by atoms with Crippen LogP contribution in [0, 0.1) is 0 Å². The maximum Gasteiger partial charge on any atom is 0.335 e. The second-order valence-electron chi connectivity index (χ2n) is 11.2. The number of ether oxygens (including phenoxy) is 1. The Bertz CT molecular complexity index is 1630. The van der Waals surface area contributed by atoms with Crippen LogP contribution < -0.4 is 15.4 Å². The van der Waals surface area contributed by atoms with Gasteiger partial charge in [0, 0.05) is 11.6 Å². The van der Waals surface area contributed by atoms with Crippen LogP contribution in [0.15, 0.2) is 59.4 Å². The van der Waals surface area contributed by atoms with Gasteiger partial charge in [0.2, 0.25) is 5.91 Å². The Morgan fingerprint density at radius 2 is 1.76 bits per heavy atom. The van der Waals surface area contributed by atoms with E-state index in [0.29, 0.717) is 30.1 Å². The van der Waals surface area contributed by atoms with Gasteiger partial charge >= 0.3 is 5.97 Å². The van der Waals surface area contributed by atoms with Crippen molar-refractivity contribution in [3.05, 3.63) is 66.1 Å². The van der Waals surface area contributed by atoms with Crippen LogP contribution in [0.2, 0.25) is 0 Å². The second kappa shape index (κ2) is 11.3. The van der Waals surface area contributed by atoms with Crippen molar-refractivity contribution in [2.24, 2.45) is 0 Å². The monoisotopic (exact) mass is 570 g/mol. The third kappa shape index (κ3) is 5.13. The molecular weight excluding hydrogens is 536 g/mol. The maximum absolute atomic E-state index is 13.6. The zero-order valence-electron chi connectivity index (χ0n) is 23.5. The van der Waals surface area contributed by atoms with Gasteiger partial charge in [0.05, 0.1) is 41.2 Å². The first kappa shape index (κ1) is 27.6. The molecule has 2 amide bonds. The number of carbonyl (C=O) groups is 3. The molecule has 10 heteroatoms. The number of carbonyl (C=O) groups excluding carboxylic acids is 2. The molecule has 2 aliphatic carbocycles. The zero-order valence-corrected chi connectivity index (χ0v) is 23.5. The molecule has 0 spiro atoms. The van der Waals surface area contributed by atoms with Crippen LogP contribution in [0.1, 0.15) is 84.5 Å². The molecule has 0 aliphatic heterocycles. The molecule has 0 unspecified atom stereocenters. The first-order valence-electron chi connectivity index (χ1n) is 14.5. The lowest BCUT2D eigenvalue weighted by Gasteiger charge is -2.29. The predicted molar refractivity (Wildman–Crippen MR) is 157 cm³/mol. The van der Waals surface area contributed by atoms with Gasteiger partial charge in [-0.05, 0) is 68.1 Å². The smallest absolute Gasteiger partial charge is 0.335 e. The van der Waals surface area contributed by atoms with Gasteiger partial charge in [-0.25, -0.2) is 9.78 Å². The second-order valence-corrected chi connectivity index (χ2v) is 11.2. The van der Waals surface area contributed by atoms with E-state index in [9.17, 15) is 19.5 Å². The summed E-state index contributed by atoms with van der Waals surface area (Å²) in [6, 6.07) is 12.0. The highest BCUT2D eigenvalue weighted by Gasteiger charge is 2.43. The minimum Gasteiger partial charge on any atom is -0.495 e. The van der Waals surface area contributed by atoms with Crippen molar-refractivity contribution in [3.8, 4) is 17.1 Å². The molecule has 218 valence electrons. The SMILES string of the molecule is COc1cc(C(=O)O)ccc1NC(=O)C1(NC(=O)c2ccc3c(c2)nc(-c2ccoc2)n3C2CCCCC2)CCCC1. The van der Waals surface area contributed by atoms with E-state index in [1.54, 1.807) is 24.7 Å². The molecule has 2 aliphatic rings. The number of nitrogens with zero attached hydrogens (tertiary/aromatic N) is 2. The molecule has 10 nitrogen and oxygen atoms in total. The Morgan fingerprint density at radius 3 is 2.45 bits per heavy atom. The van der Waals surface area contributed by atoms with E-state index in [-0.39, 0.29) is 23.1 Å². The molecule has 3 N–H and O–H groups in total. The number of furan rings is 1. The molecule has 4 aromatic rings. The minimum absolute atomic E-state index is 0.0472. The van der Waals surface area contributed by atoms with Gasteiger partial charge in [0.15, 0.2) is 0 Å². The van der Waals surface area contributed by atoms with Crippen LogP contribution in [0.3, 0.4) is 0 Å². The van der Waals surface area contributed by atoms with Crippen LogP contribution in [-0.4, -0.2) is 45.1 Å². The third-order valence-corrected chi connectivity index (χ3v) is 8.61. The van der Waals surface area contributed by atoms with E-state index in [1.807, 2.05) is 12.1 Å². The molecule has 2 saturated carbocycles. The first-order chi connectivity index (χ1) is 20.4. The van der Waals surface area contributed by atoms with Gasteiger partial charge in [0.25, 0.3) is 5.91 Å². The standard InChI is InChI=1S/C32H34N4O6/c1-41-27-18-21(30(38)39)9-11-24(27)34-31(40)32(14-5-6-15-32)35-29(37)20-10-12-26-25(17-20)33-28(22-13-16-42-19-22)36(26)23-7-3-2-4-8-23/h9-13,16-19,23H,2-8,14-15H2,1H3,(H,34,40)(H,35,37)(H,38,39). The fourth-order valence-electron chi connectivity index (χ4n) is 6.39. The highest BCUT2D eigenvalue weighted by atomic mass is 16.5. The number of hydrogen-bond donors (Lipinski definition) is 3. The van der Waals surface area contributed by atoms with Crippen molar-refractivity contribution < 1.29 is 28.6 Å². The number of rotatable bonds is 8. The lowest BCUT2D eigenvalue weighted by molar-refractivity contribution is -0.122. The van der Waals surface area contributed by atoms with Gasteiger partial charge in [-0.2, -0.15) is 0 Å². The molecule has 0 atom stereocenters. The van der Waals surface area contributed by atoms with Crippen LogP contribution in [0.5, 0.6) is 5.75 Å². The number of nitrogens with one attached hydrogen (secondary N) is 2. The lowest BCUT2D eigenvalue weighted by atomic mass is 9.94. The molecule has 2 aromatic carbocycles. The highest BCUT2D eigenvalue weighted by Crippen LogP contribution is 2.37. The van der Waals surface area contributed by atoms with E-state index >= 15 is 0 Å². The number of imidazole rings is 1. The summed E-state index contributed by atoms with van der Waals surface area (Å²) < 4.78 is 13.0. The number of carboxylic acid groups (broad SMARTS) is 1. The first-order valence-corrected chi connectivity index (χ1v) is 14.5.